The van der Waals surface area contributed by atoms with E-state index in [9.17, 15) is 14.4 Å². The van der Waals surface area contributed by atoms with Crippen molar-refractivity contribution in [2.24, 2.45) is 0 Å². The third-order valence-corrected chi connectivity index (χ3v) is 2.35. The zero-order valence-electron chi connectivity index (χ0n) is 14.3. The molecule has 0 aromatic carbocycles. The first kappa shape index (κ1) is 19.9. The molecule has 0 fully saturated rings. The fraction of sp³-hybridized carbons (Fsp3) is 0.667. The van der Waals surface area contributed by atoms with E-state index in [1.54, 1.807) is 41.5 Å². The fourth-order valence-electron chi connectivity index (χ4n) is 1.36. The number of allylic oxidation sites excluding steroid dienone is 1. The van der Waals surface area contributed by atoms with Gasteiger partial charge >= 0.3 is 12.1 Å². The lowest BCUT2D eigenvalue weighted by atomic mass is 10.2. The van der Waals surface area contributed by atoms with Crippen LogP contribution in [0.5, 0.6) is 0 Å². The molecule has 22 heavy (non-hydrogen) atoms. The second-order valence-electron chi connectivity index (χ2n) is 5.95. The van der Waals surface area contributed by atoms with Crippen molar-refractivity contribution in [2.45, 2.75) is 60.1 Å². The Balaban J connectivity index is 4.73. The first-order chi connectivity index (χ1) is 9.97. The number of ether oxygens (including phenoxy) is 2. The molecule has 0 aliphatic carbocycles. The highest BCUT2D eigenvalue weighted by Crippen LogP contribution is 2.07. The van der Waals surface area contributed by atoms with Crippen molar-refractivity contribution in [3.8, 4) is 0 Å². The molecule has 7 heteroatoms. The maximum atomic E-state index is 12.0. The van der Waals surface area contributed by atoms with Gasteiger partial charge in [0.1, 0.15) is 17.3 Å². The van der Waals surface area contributed by atoms with Crippen molar-refractivity contribution >= 4 is 18.0 Å². The van der Waals surface area contributed by atoms with Gasteiger partial charge in [-0.05, 0) is 54.0 Å². The van der Waals surface area contributed by atoms with Crippen LogP contribution in [0.3, 0.4) is 0 Å². The zero-order valence-corrected chi connectivity index (χ0v) is 14.3. The van der Waals surface area contributed by atoms with E-state index < -0.39 is 29.6 Å². The van der Waals surface area contributed by atoms with E-state index in [0.29, 0.717) is 5.57 Å². The summed E-state index contributed by atoms with van der Waals surface area (Å²) >= 11 is 0. The van der Waals surface area contributed by atoms with Gasteiger partial charge in [0.15, 0.2) is 0 Å². The Hall–Kier alpha value is -2.05. The molecule has 0 spiro atoms. The summed E-state index contributed by atoms with van der Waals surface area (Å²) in [5, 5.41) is 4.87. The lowest BCUT2D eigenvalue weighted by molar-refractivity contribution is -0.140. The van der Waals surface area contributed by atoms with Crippen LogP contribution in [-0.2, 0) is 19.1 Å². The SMILES string of the molecule is CCOC(=O)C(NC(=O)[C@H](C)NC(=O)OC(C)(C)C)=C(C)C. The molecule has 0 saturated carbocycles. The van der Waals surface area contributed by atoms with Crippen LogP contribution >= 0.6 is 0 Å². The van der Waals surface area contributed by atoms with Gasteiger partial charge in [0, 0.05) is 0 Å². The molecule has 126 valence electrons. The lowest BCUT2D eigenvalue weighted by Gasteiger charge is -2.22. The standard InChI is InChI=1S/C15H26N2O5/c1-8-21-13(19)11(9(2)3)17-12(18)10(4)16-14(20)22-15(5,6)7/h10H,8H2,1-7H3,(H,16,20)(H,17,18)/t10-/m0/s1. The van der Waals surface area contributed by atoms with E-state index in [0.717, 1.165) is 0 Å². The van der Waals surface area contributed by atoms with Gasteiger partial charge in [0.05, 0.1) is 6.61 Å². The molecule has 0 aromatic heterocycles. The number of rotatable bonds is 5. The monoisotopic (exact) mass is 314 g/mol. The highest BCUT2D eigenvalue weighted by atomic mass is 16.6. The van der Waals surface area contributed by atoms with Crippen LogP contribution in [-0.4, -0.2) is 36.2 Å². The zero-order chi connectivity index (χ0) is 17.5. The van der Waals surface area contributed by atoms with Crippen LogP contribution in [0.2, 0.25) is 0 Å². The van der Waals surface area contributed by atoms with Crippen LogP contribution in [0.15, 0.2) is 11.3 Å². The van der Waals surface area contributed by atoms with Gasteiger partial charge < -0.3 is 20.1 Å². The molecule has 0 saturated heterocycles. The van der Waals surface area contributed by atoms with Gasteiger partial charge in [-0.1, -0.05) is 0 Å². The number of nitrogens with one attached hydrogen (secondary N) is 2. The number of esters is 1. The van der Waals surface area contributed by atoms with Crippen molar-refractivity contribution in [1.82, 2.24) is 10.6 Å². The smallest absolute Gasteiger partial charge is 0.408 e. The van der Waals surface area contributed by atoms with Gasteiger partial charge in [-0.3, -0.25) is 4.79 Å². The molecule has 0 bridgehead atoms. The van der Waals surface area contributed by atoms with E-state index in [4.69, 9.17) is 9.47 Å². The minimum absolute atomic E-state index is 0.0738. The molecule has 7 nitrogen and oxygen atoms in total. The summed E-state index contributed by atoms with van der Waals surface area (Å²) in [5.41, 5.74) is 0.0250. The van der Waals surface area contributed by atoms with Crippen LogP contribution in [0.25, 0.3) is 0 Å². The van der Waals surface area contributed by atoms with Gasteiger partial charge in [-0.2, -0.15) is 0 Å². The Morgan fingerprint density at radius 2 is 1.68 bits per heavy atom. The topological polar surface area (TPSA) is 93.7 Å². The van der Waals surface area contributed by atoms with E-state index in [1.807, 2.05) is 0 Å². The summed E-state index contributed by atoms with van der Waals surface area (Å²) < 4.78 is 9.93. The Morgan fingerprint density at radius 3 is 2.09 bits per heavy atom. The van der Waals surface area contributed by atoms with Crippen molar-refractivity contribution in [1.29, 1.82) is 0 Å². The van der Waals surface area contributed by atoms with Crippen LogP contribution < -0.4 is 10.6 Å². The maximum Gasteiger partial charge on any atom is 0.408 e. The minimum Gasteiger partial charge on any atom is -0.461 e. The van der Waals surface area contributed by atoms with Crippen molar-refractivity contribution in [3.63, 3.8) is 0 Å². The summed E-state index contributed by atoms with van der Waals surface area (Å²) in [4.78, 5) is 35.4. The van der Waals surface area contributed by atoms with E-state index in [-0.39, 0.29) is 12.3 Å². The Kier molecular flexibility index (Phi) is 7.62. The van der Waals surface area contributed by atoms with Gasteiger partial charge in [-0.15, -0.1) is 0 Å². The molecule has 0 heterocycles. The van der Waals surface area contributed by atoms with Crippen molar-refractivity contribution in [2.75, 3.05) is 6.61 Å². The number of amides is 2. The molecule has 2 amide bonds. The summed E-state index contributed by atoms with van der Waals surface area (Å²) in [6.45, 7) is 11.9. The summed E-state index contributed by atoms with van der Waals surface area (Å²) in [5.74, 6) is -1.14. The molecule has 0 rings (SSSR count). The van der Waals surface area contributed by atoms with Gasteiger partial charge in [-0.25, -0.2) is 9.59 Å². The molecule has 1 atom stereocenters. The largest absolute Gasteiger partial charge is 0.461 e. The molecule has 0 radical (unpaired) electrons. The quantitative estimate of drug-likeness (QED) is 0.597. The Morgan fingerprint density at radius 1 is 1.14 bits per heavy atom. The number of alkyl carbamates (subject to hydrolysis) is 1. The molecule has 0 aromatic rings. The second-order valence-corrected chi connectivity index (χ2v) is 5.95. The minimum atomic E-state index is -0.862. The number of hydrogen-bond acceptors (Lipinski definition) is 5. The van der Waals surface area contributed by atoms with Crippen molar-refractivity contribution in [3.05, 3.63) is 11.3 Å². The first-order valence-electron chi connectivity index (χ1n) is 7.13. The van der Waals surface area contributed by atoms with Crippen molar-refractivity contribution < 1.29 is 23.9 Å². The highest BCUT2D eigenvalue weighted by molar-refractivity contribution is 5.96. The Bertz CT molecular complexity index is 459. The summed E-state index contributed by atoms with van der Waals surface area (Å²) in [7, 11) is 0. The molecule has 2 N–H and O–H groups in total. The average Bonchev–Trinajstić information content (AvgIpc) is 2.32. The molecule has 0 unspecified atom stereocenters. The van der Waals surface area contributed by atoms with Gasteiger partial charge in [0.25, 0.3) is 0 Å². The molecule has 0 aliphatic rings. The van der Waals surface area contributed by atoms with Crippen LogP contribution in [0.1, 0.15) is 48.5 Å². The number of hydrogen-bond donors (Lipinski definition) is 2. The average molecular weight is 314 g/mol. The Labute approximate surface area is 131 Å². The highest BCUT2D eigenvalue weighted by Gasteiger charge is 2.23. The number of carbonyl (C=O) groups is 3. The van der Waals surface area contributed by atoms with E-state index in [1.165, 1.54) is 6.92 Å². The van der Waals surface area contributed by atoms with E-state index in [2.05, 4.69) is 10.6 Å². The van der Waals surface area contributed by atoms with Gasteiger partial charge in [0.2, 0.25) is 5.91 Å². The fourth-order valence-corrected chi connectivity index (χ4v) is 1.36. The van der Waals surface area contributed by atoms with Crippen LogP contribution in [0.4, 0.5) is 4.79 Å². The molecular formula is C15H26N2O5. The second kappa shape index (κ2) is 8.41. The summed E-state index contributed by atoms with van der Waals surface area (Å²) in [6.07, 6.45) is -0.704. The molecule has 0 aliphatic heterocycles. The number of carbonyl (C=O) groups excluding carboxylic acids is 3. The van der Waals surface area contributed by atoms with E-state index >= 15 is 0 Å². The summed E-state index contributed by atoms with van der Waals surface area (Å²) in [6, 6.07) is -0.862. The predicted molar refractivity (Wildman–Crippen MR) is 82.0 cm³/mol. The lowest BCUT2D eigenvalue weighted by Crippen LogP contribution is -2.47. The molecular weight excluding hydrogens is 288 g/mol. The normalized spacial score (nSPS) is 12.0. The first-order valence-corrected chi connectivity index (χ1v) is 7.13. The maximum absolute atomic E-state index is 12.0. The van der Waals surface area contributed by atoms with Crippen LogP contribution in [0, 0.1) is 0 Å². The third-order valence-electron chi connectivity index (χ3n) is 2.35. The third kappa shape index (κ3) is 7.66. The predicted octanol–water partition coefficient (Wildman–Crippen LogP) is 1.87.